The lowest BCUT2D eigenvalue weighted by molar-refractivity contribution is 0.593. The van der Waals surface area contributed by atoms with Crippen LogP contribution in [0.5, 0.6) is 0 Å². The van der Waals surface area contributed by atoms with Crippen molar-refractivity contribution >= 4 is 0 Å². The fourth-order valence-electron chi connectivity index (χ4n) is 1.63. The van der Waals surface area contributed by atoms with Gasteiger partial charge in [-0.2, -0.15) is 0 Å². The van der Waals surface area contributed by atoms with E-state index in [1.54, 1.807) is 12.1 Å². The fraction of sp³-hybridized carbons (Fsp3) is 0.500. The number of nitrogens with two attached hydrogens (primary N) is 1. The molecular weight excluding hydrogens is 177 g/mol. The molecule has 2 heteroatoms. The quantitative estimate of drug-likeness (QED) is 0.783. The molecule has 0 saturated carbocycles. The number of halogens is 1. The first-order valence-electron chi connectivity index (χ1n) is 5.16. The molecule has 0 fully saturated rings. The van der Waals surface area contributed by atoms with Crippen molar-refractivity contribution in [2.75, 3.05) is 0 Å². The standard InChI is InChI=1S/C12H18FN/c1-3-4-5-12(14)11-7-6-10(13)8-9(11)2/h6-8,12H,3-5,14H2,1-2H3. The van der Waals surface area contributed by atoms with E-state index in [0.717, 1.165) is 30.4 Å². The summed E-state index contributed by atoms with van der Waals surface area (Å²) in [4.78, 5) is 0. The van der Waals surface area contributed by atoms with Gasteiger partial charge in [0.1, 0.15) is 5.82 Å². The van der Waals surface area contributed by atoms with Gasteiger partial charge in [-0.1, -0.05) is 25.8 Å². The van der Waals surface area contributed by atoms with Crippen molar-refractivity contribution in [1.29, 1.82) is 0 Å². The summed E-state index contributed by atoms with van der Waals surface area (Å²) in [5, 5.41) is 0. The Labute approximate surface area is 85.1 Å². The maximum atomic E-state index is 12.8. The number of hydrogen-bond acceptors (Lipinski definition) is 1. The molecule has 1 nitrogen and oxygen atoms in total. The van der Waals surface area contributed by atoms with Crippen LogP contribution in [0.25, 0.3) is 0 Å². The average Bonchev–Trinajstić information content (AvgIpc) is 2.14. The van der Waals surface area contributed by atoms with Gasteiger partial charge in [-0.25, -0.2) is 4.39 Å². The van der Waals surface area contributed by atoms with Crippen LogP contribution >= 0.6 is 0 Å². The molecule has 1 rings (SSSR count). The van der Waals surface area contributed by atoms with E-state index in [2.05, 4.69) is 6.92 Å². The summed E-state index contributed by atoms with van der Waals surface area (Å²) in [5.74, 6) is -0.186. The zero-order valence-corrected chi connectivity index (χ0v) is 8.89. The first kappa shape index (κ1) is 11.2. The van der Waals surface area contributed by atoms with E-state index in [1.807, 2.05) is 6.92 Å². The molecule has 0 aliphatic rings. The summed E-state index contributed by atoms with van der Waals surface area (Å²) in [5.41, 5.74) is 8.03. The molecule has 0 aliphatic heterocycles. The van der Waals surface area contributed by atoms with Crippen LogP contribution in [0.2, 0.25) is 0 Å². The Bertz CT molecular complexity index is 296. The number of unbranched alkanes of at least 4 members (excludes halogenated alkanes) is 1. The largest absolute Gasteiger partial charge is 0.324 e. The van der Waals surface area contributed by atoms with Gasteiger partial charge in [0.05, 0.1) is 0 Å². The third kappa shape index (κ3) is 2.81. The molecular formula is C12H18FN. The van der Waals surface area contributed by atoms with E-state index in [4.69, 9.17) is 5.73 Å². The summed E-state index contributed by atoms with van der Waals surface area (Å²) in [6.07, 6.45) is 3.24. The second-order valence-electron chi connectivity index (χ2n) is 3.75. The minimum absolute atomic E-state index is 0.0514. The normalized spacial score (nSPS) is 12.9. The molecule has 14 heavy (non-hydrogen) atoms. The van der Waals surface area contributed by atoms with Crippen molar-refractivity contribution in [3.63, 3.8) is 0 Å². The lowest BCUT2D eigenvalue weighted by Crippen LogP contribution is -2.11. The maximum absolute atomic E-state index is 12.8. The minimum atomic E-state index is -0.186. The van der Waals surface area contributed by atoms with Gasteiger partial charge in [-0.05, 0) is 36.6 Å². The second-order valence-corrected chi connectivity index (χ2v) is 3.75. The van der Waals surface area contributed by atoms with Gasteiger partial charge in [0.15, 0.2) is 0 Å². The molecule has 0 heterocycles. The SMILES string of the molecule is CCCCC(N)c1ccc(F)cc1C. The predicted octanol–water partition coefficient (Wildman–Crippen LogP) is 3.32. The van der Waals surface area contributed by atoms with Crippen LogP contribution in [0.3, 0.4) is 0 Å². The van der Waals surface area contributed by atoms with Gasteiger partial charge in [-0.3, -0.25) is 0 Å². The van der Waals surface area contributed by atoms with E-state index in [1.165, 1.54) is 6.07 Å². The third-order valence-corrected chi connectivity index (χ3v) is 2.50. The van der Waals surface area contributed by atoms with E-state index in [-0.39, 0.29) is 11.9 Å². The van der Waals surface area contributed by atoms with Crippen LogP contribution in [-0.4, -0.2) is 0 Å². The van der Waals surface area contributed by atoms with Gasteiger partial charge in [-0.15, -0.1) is 0 Å². The summed E-state index contributed by atoms with van der Waals surface area (Å²) in [7, 11) is 0. The molecule has 1 aromatic rings. The molecule has 0 aliphatic carbocycles. The van der Waals surface area contributed by atoms with E-state index in [9.17, 15) is 4.39 Å². The van der Waals surface area contributed by atoms with Gasteiger partial charge in [0.25, 0.3) is 0 Å². The number of aryl methyl sites for hydroxylation is 1. The minimum Gasteiger partial charge on any atom is -0.324 e. The van der Waals surface area contributed by atoms with E-state index >= 15 is 0 Å². The zero-order valence-electron chi connectivity index (χ0n) is 8.89. The van der Waals surface area contributed by atoms with Crippen LogP contribution in [0.15, 0.2) is 18.2 Å². The fourth-order valence-corrected chi connectivity index (χ4v) is 1.63. The van der Waals surface area contributed by atoms with Crippen LogP contribution in [0.1, 0.15) is 43.4 Å². The molecule has 0 amide bonds. The molecule has 0 bridgehead atoms. The van der Waals surface area contributed by atoms with Crippen molar-refractivity contribution in [3.05, 3.63) is 35.1 Å². The summed E-state index contributed by atoms with van der Waals surface area (Å²) >= 11 is 0. The van der Waals surface area contributed by atoms with Crippen molar-refractivity contribution < 1.29 is 4.39 Å². The van der Waals surface area contributed by atoms with E-state index < -0.39 is 0 Å². The topological polar surface area (TPSA) is 26.0 Å². The summed E-state index contributed by atoms with van der Waals surface area (Å²) in [6.45, 7) is 4.05. The first-order chi connectivity index (χ1) is 6.65. The molecule has 0 saturated heterocycles. The lowest BCUT2D eigenvalue weighted by atomic mass is 9.98. The van der Waals surface area contributed by atoms with Gasteiger partial charge >= 0.3 is 0 Å². The first-order valence-corrected chi connectivity index (χ1v) is 5.16. The highest BCUT2D eigenvalue weighted by Crippen LogP contribution is 2.20. The van der Waals surface area contributed by atoms with Crippen LogP contribution in [-0.2, 0) is 0 Å². The summed E-state index contributed by atoms with van der Waals surface area (Å²) in [6, 6.07) is 4.87. The van der Waals surface area contributed by atoms with Gasteiger partial charge in [0.2, 0.25) is 0 Å². The highest BCUT2D eigenvalue weighted by atomic mass is 19.1. The molecule has 0 radical (unpaired) electrons. The van der Waals surface area contributed by atoms with Gasteiger partial charge < -0.3 is 5.73 Å². The van der Waals surface area contributed by atoms with Crippen LogP contribution in [0.4, 0.5) is 4.39 Å². The zero-order chi connectivity index (χ0) is 10.6. The number of hydrogen-bond donors (Lipinski definition) is 1. The third-order valence-electron chi connectivity index (χ3n) is 2.50. The highest BCUT2D eigenvalue weighted by Gasteiger charge is 2.08. The monoisotopic (exact) mass is 195 g/mol. The maximum Gasteiger partial charge on any atom is 0.123 e. The molecule has 0 aromatic heterocycles. The summed E-state index contributed by atoms with van der Waals surface area (Å²) < 4.78 is 12.8. The smallest absolute Gasteiger partial charge is 0.123 e. The predicted molar refractivity (Wildman–Crippen MR) is 57.6 cm³/mol. The average molecular weight is 195 g/mol. The van der Waals surface area contributed by atoms with E-state index in [0.29, 0.717) is 0 Å². The highest BCUT2D eigenvalue weighted by molar-refractivity contribution is 5.29. The molecule has 1 unspecified atom stereocenters. The molecule has 0 spiro atoms. The Morgan fingerprint density at radius 2 is 2.14 bits per heavy atom. The Balaban J connectivity index is 2.74. The van der Waals surface area contributed by atoms with Crippen molar-refractivity contribution in [2.45, 2.75) is 39.2 Å². The Morgan fingerprint density at radius 1 is 1.43 bits per heavy atom. The lowest BCUT2D eigenvalue weighted by Gasteiger charge is -2.14. The molecule has 2 N–H and O–H groups in total. The second kappa shape index (κ2) is 5.11. The van der Waals surface area contributed by atoms with Crippen molar-refractivity contribution in [3.8, 4) is 0 Å². The van der Waals surface area contributed by atoms with Crippen LogP contribution < -0.4 is 5.73 Å². The number of rotatable bonds is 4. The Kier molecular flexibility index (Phi) is 4.08. The van der Waals surface area contributed by atoms with Crippen molar-refractivity contribution in [2.24, 2.45) is 5.73 Å². The van der Waals surface area contributed by atoms with Crippen LogP contribution in [0, 0.1) is 12.7 Å². The van der Waals surface area contributed by atoms with Gasteiger partial charge in [0, 0.05) is 6.04 Å². The molecule has 78 valence electrons. The van der Waals surface area contributed by atoms with Crippen molar-refractivity contribution in [1.82, 2.24) is 0 Å². The molecule has 1 atom stereocenters. The Hall–Kier alpha value is -0.890. The number of benzene rings is 1. The molecule has 1 aromatic carbocycles. The Morgan fingerprint density at radius 3 is 2.71 bits per heavy atom.